The van der Waals surface area contributed by atoms with Crippen LogP contribution in [0.5, 0.6) is 17.2 Å². The Kier molecular flexibility index (Phi) is 7.63. The maximum atomic E-state index is 13.3. The Morgan fingerprint density at radius 2 is 1.77 bits per heavy atom. The van der Waals surface area contributed by atoms with Gasteiger partial charge in [0.15, 0.2) is 5.76 Å². The first-order valence-corrected chi connectivity index (χ1v) is 11.6. The summed E-state index contributed by atoms with van der Waals surface area (Å²) in [4.78, 5) is 26.0. The number of fused-ring (bicyclic) bond motifs is 1. The second-order valence-electron chi connectivity index (χ2n) is 7.82. The number of benzene rings is 3. The molecule has 35 heavy (non-hydrogen) atoms. The van der Waals surface area contributed by atoms with Crippen molar-refractivity contribution < 1.29 is 23.4 Å². The van der Waals surface area contributed by atoms with Crippen LogP contribution < -0.4 is 19.6 Å². The van der Waals surface area contributed by atoms with Crippen LogP contribution in [0.2, 0.25) is 10.0 Å². The summed E-state index contributed by atoms with van der Waals surface area (Å²) in [5.74, 6) is 0.556. The standard InChI is InChI=1S/C27H22Cl2O6/c1-16-5-11-22-20(14-16)25(31)27(26(34-22)17-6-9-19(32-2)10-7-17)35-24(30)4-3-13-33-23-12-8-18(28)15-21(23)29/h5-12,14-15H,3-4,13H2,1-2H3. The second-order valence-corrected chi connectivity index (χ2v) is 8.66. The van der Waals surface area contributed by atoms with Gasteiger partial charge in [0.25, 0.3) is 0 Å². The second kappa shape index (κ2) is 10.8. The average Bonchev–Trinajstić information content (AvgIpc) is 2.85. The smallest absolute Gasteiger partial charge is 0.311 e. The van der Waals surface area contributed by atoms with E-state index in [2.05, 4.69) is 0 Å². The van der Waals surface area contributed by atoms with Crippen molar-refractivity contribution in [3.63, 3.8) is 0 Å². The van der Waals surface area contributed by atoms with Crippen molar-refractivity contribution >= 4 is 40.1 Å². The molecular weight excluding hydrogens is 491 g/mol. The van der Waals surface area contributed by atoms with E-state index in [4.69, 9.17) is 41.8 Å². The summed E-state index contributed by atoms with van der Waals surface area (Å²) in [6, 6.07) is 17.1. The summed E-state index contributed by atoms with van der Waals surface area (Å²) in [5.41, 5.74) is 1.45. The van der Waals surface area contributed by atoms with Crippen LogP contribution in [-0.4, -0.2) is 19.7 Å². The molecule has 0 unspecified atom stereocenters. The number of halogens is 2. The quantitative estimate of drug-likeness (QED) is 0.190. The third-order valence-electron chi connectivity index (χ3n) is 5.25. The molecule has 180 valence electrons. The lowest BCUT2D eigenvalue weighted by Crippen LogP contribution is -2.17. The van der Waals surface area contributed by atoms with Crippen molar-refractivity contribution in [2.75, 3.05) is 13.7 Å². The number of methoxy groups -OCH3 is 1. The number of hydrogen-bond acceptors (Lipinski definition) is 6. The minimum atomic E-state index is -0.579. The molecule has 0 saturated heterocycles. The van der Waals surface area contributed by atoms with E-state index in [0.29, 0.717) is 44.5 Å². The van der Waals surface area contributed by atoms with Crippen LogP contribution in [0.4, 0.5) is 0 Å². The van der Waals surface area contributed by atoms with Gasteiger partial charge in [0.2, 0.25) is 11.2 Å². The fraction of sp³-hybridized carbons (Fsp3) is 0.185. The Balaban J connectivity index is 1.55. The van der Waals surface area contributed by atoms with Gasteiger partial charge in [-0.15, -0.1) is 0 Å². The minimum Gasteiger partial charge on any atom is -0.497 e. The fourth-order valence-electron chi connectivity index (χ4n) is 3.47. The zero-order valence-electron chi connectivity index (χ0n) is 19.1. The van der Waals surface area contributed by atoms with Gasteiger partial charge in [-0.1, -0.05) is 34.8 Å². The van der Waals surface area contributed by atoms with Gasteiger partial charge in [-0.25, -0.2) is 0 Å². The first-order chi connectivity index (χ1) is 16.9. The maximum Gasteiger partial charge on any atom is 0.311 e. The van der Waals surface area contributed by atoms with Gasteiger partial charge < -0.3 is 18.6 Å². The number of hydrogen-bond donors (Lipinski definition) is 0. The monoisotopic (exact) mass is 512 g/mol. The van der Waals surface area contributed by atoms with Gasteiger partial charge in [0.05, 0.1) is 24.1 Å². The molecule has 8 heteroatoms. The number of carbonyl (C=O) groups is 1. The molecule has 0 N–H and O–H groups in total. The molecule has 0 aliphatic heterocycles. The van der Waals surface area contributed by atoms with Gasteiger partial charge >= 0.3 is 5.97 Å². The summed E-state index contributed by atoms with van der Waals surface area (Å²) >= 11 is 12.0. The predicted molar refractivity (Wildman–Crippen MR) is 136 cm³/mol. The molecule has 3 aromatic carbocycles. The van der Waals surface area contributed by atoms with Crippen molar-refractivity contribution in [2.45, 2.75) is 19.8 Å². The first kappa shape index (κ1) is 24.6. The summed E-state index contributed by atoms with van der Waals surface area (Å²) in [5, 5.41) is 1.22. The molecule has 0 bridgehead atoms. The number of aryl methyl sites for hydroxylation is 1. The lowest BCUT2D eigenvalue weighted by atomic mass is 10.1. The molecule has 0 fully saturated rings. The Hall–Kier alpha value is -3.48. The lowest BCUT2D eigenvalue weighted by molar-refractivity contribution is -0.134. The van der Waals surface area contributed by atoms with Gasteiger partial charge in [0, 0.05) is 17.0 Å². The highest BCUT2D eigenvalue weighted by atomic mass is 35.5. The average molecular weight is 513 g/mol. The SMILES string of the molecule is COc1ccc(-c2oc3ccc(C)cc3c(=O)c2OC(=O)CCCOc2ccc(Cl)cc2Cl)cc1. The number of ether oxygens (including phenoxy) is 3. The van der Waals surface area contributed by atoms with Crippen LogP contribution >= 0.6 is 23.2 Å². The van der Waals surface area contributed by atoms with Crippen molar-refractivity contribution in [2.24, 2.45) is 0 Å². The Morgan fingerprint density at radius 3 is 2.49 bits per heavy atom. The maximum absolute atomic E-state index is 13.3. The number of rotatable bonds is 8. The van der Waals surface area contributed by atoms with Crippen LogP contribution in [0, 0.1) is 6.92 Å². The zero-order chi connectivity index (χ0) is 24.9. The molecule has 0 amide bonds. The minimum absolute atomic E-state index is 0.0263. The molecule has 0 saturated carbocycles. The highest BCUT2D eigenvalue weighted by molar-refractivity contribution is 6.35. The van der Waals surface area contributed by atoms with Crippen LogP contribution in [-0.2, 0) is 4.79 Å². The molecule has 0 atom stereocenters. The Morgan fingerprint density at radius 1 is 1.00 bits per heavy atom. The van der Waals surface area contributed by atoms with E-state index in [1.165, 1.54) is 0 Å². The number of esters is 1. The molecular formula is C27H22Cl2O6. The van der Waals surface area contributed by atoms with Crippen LogP contribution in [0.15, 0.2) is 69.9 Å². The zero-order valence-corrected chi connectivity index (χ0v) is 20.6. The van der Waals surface area contributed by atoms with Crippen molar-refractivity contribution in [3.05, 3.63) is 86.5 Å². The van der Waals surface area contributed by atoms with Crippen molar-refractivity contribution in [3.8, 4) is 28.6 Å². The van der Waals surface area contributed by atoms with Gasteiger partial charge in [-0.2, -0.15) is 0 Å². The van der Waals surface area contributed by atoms with Crippen molar-refractivity contribution in [1.82, 2.24) is 0 Å². The van der Waals surface area contributed by atoms with Crippen LogP contribution in [0.3, 0.4) is 0 Å². The molecule has 1 heterocycles. The molecule has 4 aromatic rings. The lowest BCUT2D eigenvalue weighted by Gasteiger charge is -2.12. The molecule has 0 radical (unpaired) electrons. The first-order valence-electron chi connectivity index (χ1n) is 10.9. The number of carbonyl (C=O) groups excluding carboxylic acids is 1. The van der Waals surface area contributed by atoms with Gasteiger partial charge in [-0.05, 0) is 67.9 Å². The van der Waals surface area contributed by atoms with Crippen LogP contribution in [0.1, 0.15) is 18.4 Å². The van der Waals surface area contributed by atoms with E-state index >= 15 is 0 Å². The summed E-state index contributed by atoms with van der Waals surface area (Å²) < 4.78 is 22.4. The highest BCUT2D eigenvalue weighted by Crippen LogP contribution is 2.33. The van der Waals surface area contributed by atoms with Crippen LogP contribution in [0.25, 0.3) is 22.3 Å². The third kappa shape index (κ3) is 5.78. The van der Waals surface area contributed by atoms with Crippen molar-refractivity contribution in [1.29, 1.82) is 0 Å². The van der Waals surface area contributed by atoms with E-state index in [1.54, 1.807) is 61.7 Å². The highest BCUT2D eigenvalue weighted by Gasteiger charge is 2.21. The summed E-state index contributed by atoms with van der Waals surface area (Å²) in [6.07, 6.45) is 0.381. The largest absolute Gasteiger partial charge is 0.497 e. The fourth-order valence-corrected chi connectivity index (χ4v) is 3.94. The van der Waals surface area contributed by atoms with E-state index in [-0.39, 0.29) is 24.5 Å². The van der Waals surface area contributed by atoms with Gasteiger partial charge in [-0.3, -0.25) is 9.59 Å². The molecule has 4 rings (SSSR count). The predicted octanol–water partition coefficient (Wildman–Crippen LogP) is 6.85. The molecule has 6 nitrogen and oxygen atoms in total. The molecule has 1 aromatic heterocycles. The van der Waals surface area contributed by atoms with E-state index in [0.717, 1.165) is 5.56 Å². The molecule has 0 spiro atoms. The van der Waals surface area contributed by atoms with E-state index < -0.39 is 11.4 Å². The summed E-state index contributed by atoms with van der Waals surface area (Å²) in [6.45, 7) is 2.10. The summed E-state index contributed by atoms with van der Waals surface area (Å²) in [7, 11) is 1.56. The van der Waals surface area contributed by atoms with E-state index in [1.807, 2.05) is 13.0 Å². The third-order valence-corrected chi connectivity index (χ3v) is 5.78. The normalized spacial score (nSPS) is 10.9. The Labute approximate surface area is 211 Å². The molecule has 0 aliphatic rings. The van der Waals surface area contributed by atoms with Gasteiger partial charge in [0.1, 0.15) is 17.1 Å². The van der Waals surface area contributed by atoms with E-state index in [9.17, 15) is 9.59 Å². The molecule has 0 aliphatic carbocycles. The Bertz CT molecular complexity index is 1430. The topological polar surface area (TPSA) is 75.0 Å².